The van der Waals surface area contributed by atoms with Crippen LogP contribution in [0, 0.1) is 0 Å². The minimum Gasteiger partial charge on any atom is -0.497 e. The van der Waals surface area contributed by atoms with Crippen molar-refractivity contribution in [2.24, 2.45) is 0 Å². The number of methoxy groups -OCH3 is 1. The zero-order valence-corrected chi connectivity index (χ0v) is 18.0. The molecule has 1 amide bonds. The van der Waals surface area contributed by atoms with Crippen molar-refractivity contribution < 1.29 is 17.9 Å². The largest absolute Gasteiger partial charge is 0.497 e. The molecular weight excluding hydrogens is 432 g/mol. The number of benzene rings is 2. The zero-order valence-electron chi connectivity index (χ0n) is 15.6. The van der Waals surface area contributed by atoms with Gasteiger partial charge in [-0.05, 0) is 71.2 Å². The third-order valence-electron chi connectivity index (χ3n) is 4.76. The van der Waals surface area contributed by atoms with Crippen molar-refractivity contribution in [1.82, 2.24) is 0 Å². The summed E-state index contributed by atoms with van der Waals surface area (Å²) in [6.07, 6.45) is 0.697. The molecule has 0 saturated heterocycles. The first-order chi connectivity index (χ1) is 12.7. The molecule has 0 radical (unpaired) electrons. The van der Waals surface area contributed by atoms with Crippen LogP contribution in [0.25, 0.3) is 0 Å². The van der Waals surface area contributed by atoms with Gasteiger partial charge in [-0.3, -0.25) is 9.10 Å². The van der Waals surface area contributed by atoms with Crippen LogP contribution in [-0.2, 0) is 21.2 Å². The van der Waals surface area contributed by atoms with Crippen molar-refractivity contribution in [2.75, 3.05) is 23.4 Å². The minimum atomic E-state index is -3.82. The Kier molecular flexibility index (Phi) is 5.22. The molecule has 0 fully saturated rings. The average molecular weight is 453 g/mol. The van der Waals surface area contributed by atoms with E-state index in [0.717, 1.165) is 5.56 Å². The molecule has 2 aromatic carbocycles. The normalized spacial score (nSPS) is 16.2. The molecule has 0 saturated carbocycles. The quantitative estimate of drug-likeness (QED) is 0.710. The molecule has 144 valence electrons. The molecule has 0 aliphatic carbocycles. The Balaban J connectivity index is 2.05. The number of carbonyl (C=O) groups is 1. The number of nitrogens with zero attached hydrogens (tertiary/aromatic N) is 2. The van der Waals surface area contributed by atoms with Gasteiger partial charge in [0.15, 0.2) is 0 Å². The fourth-order valence-corrected chi connectivity index (χ4v) is 5.64. The first-order valence-electron chi connectivity index (χ1n) is 8.42. The molecule has 3 rings (SSSR count). The first-order valence-corrected chi connectivity index (χ1v) is 10.7. The molecule has 0 N–H and O–H groups in total. The molecule has 1 atom stereocenters. The Morgan fingerprint density at radius 2 is 1.89 bits per heavy atom. The fourth-order valence-electron chi connectivity index (χ4n) is 3.37. The Morgan fingerprint density at radius 1 is 1.26 bits per heavy atom. The summed E-state index contributed by atoms with van der Waals surface area (Å²) in [6.45, 7) is 3.44. The maximum atomic E-state index is 13.2. The summed E-state index contributed by atoms with van der Waals surface area (Å²) in [6, 6.07) is 10.2. The maximum Gasteiger partial charge on any atom is 0.265 e. The Bertz CT molecular complexity index is 990. The Labute approximate surface area is 167 Å². The highest BCUT2D eigenvalue weighted by atomic mass is 79.9. The summed E-state index contributed by atoms with van der Waals surface area (Å²) >= 11 is 3.40. The summed E-state index contributed by atoms with van der Waals surface area (Å²) < 4.78 is 33.3. The molecule has 1 aliphatic heterocycles. The third kappa shape index (κ3) is 3.43. The Morgan fingerprint density at radius 3 is 2.44 bits per heavy atom. The van der Waals surface area contributed by atoms with Gasteiger partial charge in [0.05, 0.1) is 12.8 Å². The van der Waals surface area contributed by atoms with E-state index in [2.05, 4.69) is 15.9 Å². The summed E-state index contributed by atoms with van der Waals surface area (Å²) in [5.41, 5.74) is 2.12. The van der Waals surface area contributed by atoms with Gasteiger partial charge in [-0.1, -0.05) is 0 Å². The average Bonchev–Trinajstić information content (AvgIpc) is 2.95. The van der Waals surface area contributed by atoms with E-state index in [0.29, 0.717) is 28.0 Å². The first kappa shape index (κ1) is 19.7. The SMILES string of the molecule is COc1ccc(N(C)S(=O)(=O)c2cc3c(cc2Br)CC(C)N3C(C)=O)cc1. The fraction of sp³-hybridized carbons (Fsp3) is 0.316. The number of halogens is 1. The van der Waals surface area contributed by atoms with Gasteiger partial charge < -0.3 is 9.64 Å². The van der Waals surface area contributed by atoms with Gasteiger partial charge >= 0.3 is 0 Å². The van der Waals surface area contributed by atoms with E-state index in [1.165, 1.54) is 18.3 Å². The summed E-state index contributed by atoms with van der Waals surface area (Å²) in [5.74, 6) is 0.546. The lowest BCUT2D eigenvalue weighted by molar-refractivity contribution is -0.116. The van der Waals surface area contributed by atoms with Crippen LogP contribution in [0.1, 0.15) is 19.4 Å². The molecule has 1 heterocycles. The lowest BCUT2D eigenvalue weighted by Crippen LogP contribution is -2.33. The van der Waals surface area contributed by atoms with Crippen molar-refractivity contribution in [2.45, 2.75) is 31.2 Å². The van der Waals surface area contributed by atoms with Crippen LogP contribution in [0.5, 0.6) is 5.75 Å². The lowest BCUT2D eigenvalue weighted by atomic mass is 10.1. The standard InChI is InChI=1S/C19H21BrN2O4S/c1-12-9-14-10-17(20)19(11-18(14)22(12)13(2)23)27(24,25)21(3)15-5-7-16(26-4)8-6-15/h5-8,10-12H,9H2,1-4H3. The number of anilines is 2. The predicted octanol–water partition coefficient (Wildman–Crippen LogP) is 3.58. The summed E-state index contributed by atoms with van der Waals surface area (Å²) in [7, 11) is -0.766. The second-order valence-electron chi connectivity index (χ2n) is 6.52. The molecule has 1 unspecified atom stereocenters. The topological polar surface area (TPSA) is 66.9 Å². The molecule has 0 aromatic heterocycles. The summed E-state index contributed by atoms with van der Waals surface area (Å²) in [5, 5.41) is 0. The lowest BCUT2D eigenvalue weighted by Gasteiger charge is -2.23. The maximum absolute atomic E-state index is 13.2. The van der Waals surface area contributed by atoms with Crippen LogP contribution in [0.4, 0.5) is 11.4 Å². The van der Waals surface area contributed by atoms with E-state index in [-0.39, 0.29) is 16.8 Å². The number of fused-ring (bicyclic) bond motifs is 1. The van der Waals surface area contributed by atoms with E-state index in [9.17, 15) is 13.2 Å². The number of rotatable bonds is 4. The van der Waals surface area contributed by atoms with Crippen LogP contribution in [0.15, 0.2) is 45.8 Å². The minimum absolute atomic E-state index is 0.00155. The van der Waals surface area contributed by atoms with Crippen LogP contribution in [0.3, 0.4) is 0 Å². The van der Waals surface area contributed by atoms with Gasteiger partial charge in [0.1, 0.15) is 10.6 Å². The van der Waals surface area contributed by atoms with Crippen molar-refractivity contribution in [3.63, 3.8) is 0 Å². The third-order valence-corrected chi connectivity index (χ3v) is 7.51. The highest BCUT2D eigenvalue weighted by Crippen LogP contribution is 2.39. The van der Waals surface area contributed by atoms with Crippen molar-refractivity contribution >= 4 is 43.2 Å². The molecule has 6 nitrogen and oxygen atoms in total. The summed E-state index contributed by atoms with van der Waals surface area (Å²) in [4.78, 5) is 13.8. The van der Waals surface area contributed by atoms with Crippen molar-refractivity contribution in [3.8, 4) is 5.75 Å². The van der Waals surface area contributed by atoms with Crippen molar-refractivity contribution in [1.29, 1.82) is 0 Å². The number of amides is 1. The van der Waals surface area contributed by atoms with E-state index in [1.54, 1.807) is 48.4 Å². The number of ether oxygens (including phenoxy) is 1. The van der Waals surface area contributed by atoms with Gasteiger partial charge in [0.25, 0.3) is 10.0 Å². The van der Waals surface area contributed by atoms with Crippen LogP contribution >= 0.6 is 15.9 Å². The molecule has 8 heteroatoms. The van der Waals surface area contributed by atoms with Crippen LogP contribution in [0.2, 0.25) is 0 Å². The predicted molar refractivity (Wildman–Crippen MR) is 109 cm³/mol. The number of carbonyl (C=O) groups excluding carboxylic acids is 1. The molecule has 0 bridgehead atoms. The number of sulfonamides is 1. The van der Waals surface area contributed by atoms with Gasteiger partial charge in [0.2, 0.25) is 5.91 Å². The van der Waals surface area contributed by atoms with E-state index in [4.69, 9.17) is 4.74 Å². The molecule has 1 aliphatic rings. The van der Waals surface area contributed by atoms with Crippen molar-refractivity contribution in [3.05, 3.63) is 46.4 Å². The number of hydrogen-bond acceptors (Lipinski definition) is 4. The molecular formula is C19H21BrN2O4S. The zero-order chi connectivity index (χ0) is 19.9. The molecule has 0 spiro atoms. The van der Waals surface area contributed by atoms with E-state index in [1.807, 2.05) is 6.92 Å². The number of hydrogen-bond donors (Lipinski definition) is 0. The highest BCUT2D eigenvalue weighted by Gasteiger charge is 2.33. The van der Waals surface area contributed by atoms with Crippen LogP contribution < -0.4 is 13.9 Å². The smallest absolute Gasteiger partial charge is 0.265 e. The van der Waals surface area contributed by atoms with E-state index < -0.39 is 10.0 Å². The highest BCUT2D eigenvalue weighted by molar-refractivity contribution is 9.10. The second kappa shape index (κ2) is 7.16. The van der Waals surface area contributed by atoms with Gasteiger partial charge in [-0.15, -0.1) is 0 Å². The molecule has 2 aromatic rings. The Hall–Kier alpha value is -2.06. The van der Waals surface area contributed by atoms with Gasteiger partial charge in [0, 0.05) is 30.2 Å². The van der Waals surface area contributed by atoms with E-state index >= 15 is 0 Å². The monoisotopic (exact) mass is 452 g/mol. The molecule has 27 heavy (non-hydrogen) atoms. The van der Waals surface area contributed by atoms with Crippen LogP contribution in [-0.4, -0.2) is 34.5 Å². The van der Waals surface area contributed by atoms with Gasteiger partial charge in [-0.25, -0.2) is 8.42 Å². The second-order valence-corrected chi connectivity index (χ2v) is 9.32. The van der Waals surface area contributed by atoms with Gasteiger partial charge in [-0.2, -0.15) is 0 Å².